The van der Waals surface area contributed by atoms with E-state index in [1.165, 1.54) is 0 Å². The number of hydrogen-bond acceptors (Lipinski definition) is 3. The minimum Gasteiger partial charge on any atom is -0.481 e. The molecule has 3 rings (SSSR count). The zero-order chi connectivity index (χ0) is 15.7. The molecule has 1 saturated carbocycles. The number of rotatable bonds is 5. The Morgan fingerprint density at radius 3 is 2.59 bits per heavy atom. The molecule has 1 aromatic heterocycles. The van der Waals surface area contributed by atoms with Gasteiger partial charge >= 0.3 is 5.97 Å². The number of nitrogens with zero attached hydrogens (tertiary/aromatic N) is 2. The van der Waals surface area contributed by atoms with Gasteiger partial charge in [0, 0.05) is 18.7 Å². The van der Waals surface area contributed by atoms with Crippen LogP contribution in [-0.4, -0.2) is 26.8 Å². The zero-order valence-corrected chi connectivity index (χ0v) is 12.2. The lowest BCUT2D eigenvalue weighted by molar-refractivity contribution is -0.136. The van der Waals surface area contributed by atoms with Gasteiger partial charge in [-0.05, 0) is 30.5 Å². The third-order valence-corrected chi connectivity index (χ3v) is 3.76. The number of carbonyl (C=O) groups is 2. The van der Waals surface area contributed by atoms with E-state index in [-0.39, 0.29) is 12.3 Å². The second-order valence-electron chi connectivity index (χ2n) is 5.56. The van der Waals surface area contributed by atoms with Crippen molar-refractivity contribution in [1.29, 1.82) is 0 Å². The molecule has 1 aliphatic rings. The number of aromatic nitrogens is 2. The van der Waals surface area contributed by atoms with Crippen molar-refractivity contribution in [3.63, 3.8) is 0 Å². The average molecular weight is 299 g/mol. The van der Waals surface area contributed by atoms with E-state index in [0.717, 1.165) is 18.5 Å². The van der Waals surface area contributed by atoms with Crippen molar-refractivity contribution in [1.82, 2.24) is 9.78 Å². The lowest BCUT2D eigenvalue weighted by Gasteiger charge is -2.07. The van der Waals surface area contributed by atoms with Gasteiger partial charge in [-0.15, -0.1) is 0 Å². The molecule has 0 saturated heterocycles. The zero-order valence-electron chi connectivity index (χ0n) is 12.2. The number of carboxylic acid groups (broad SMARTS) is 1. The molecule has 0 atom stereocenters. The second-order valence-corrected chi connectivity index (χ2v) is 5.56. The summed E-state index contributed by atoms with van der Waals surface area (Å²) in [6, 6.07) is 6.83. The van der Waals surface area contributed by atoms with Gasteiger partial charge in [0.15, 0.2) is 0 Å². The molecular weight excluding hydrogens is 282 g/mol. The Labute approximate surface area is 127 Å². The summed E-state index contributed by atoms with van der Waals surface area (Å²) < 4.78 is 1.77. The van der Waals surface area contributed by atoms with Gasteiger partial charge in [-0.25, -0.2) is 0 Å². The van der Waals surface area contributed by atoms with Crippen LogP contribution in [0.1, 0.15) is 40.4 Å². The van der Waals surface area contributed by atoms with Crippen molar-refractivity contribution in [2.45, 2.75) is 25.2 Å². The van der Waals surface area contributed by atoms with Crippen LogP contribution in [0.4, 0.5) is 5.69 Å². The van der Waals surface area contributed by atoms with Gasteiger partial charge in [0.25, 0.3) is 5.91 Å². The monoisotopic (exact) mass is 299 g/mol. The first-order valence-corrected chi connectivity index (χ1v) is 7.18. The molecule has 1 aliphatic carbocycles. The Balaban J connectivity index is 1.73. The molecule has 114 valence electrons. The number of amides is 1. The van der Waals surface area contributed by atoms with Crippen LogP contribution in [-0.2, 0) is 18.3 Å². The largest absolute Gasteiger partial charge is 0.481 e. The highest BCUT2D eigenvalue weighted by atomic mass is 16.4. The normalized spacial score (nSPS) is 13.9. The Morgan fingerprint density at radius 1 is 1.32 bits per heavy atom. The maximum Gasteiger partial charge on any atom is 0.307 e. The molecule has 1 aromatic carbocycles. The fourth-order valence-corrected chi connectivity index (χ4v) is 2.54. The van der Waals surface area contributed by atoms with Crippen molar-refractivity contribution in [3.8, 4) is 0 Å². The number of benzene rings is 1. The fraction of sp³-hybridized carbons (Fsp3) is 0.312. The van der Waals surface area contributed by atoms with E-state index in [2.05, 4.69) is 10.4 Å². The van der Waals surface area contributed by atoms with Crippen LogP contribution >= 0.6 is 0 Å². The topological polar surface area (TPSA) is 84.2 Å². The van der Waals surface area contributed by atoms with Crippen molar-refractivity contribution in [2.75, 3.05) is 5.32 Å². The summed E-state index contributed by atoms with van der Waals surface area (Å²) in [7, 11) is 1.85. The molecule has 2 aromatic rings. The van der Waals surface area contributed by atoms with Crippen LogP contribution in [0.5, 0.6) is 0 Å². The van der Waals surface area contributed by atoms with E-state index >= 15 is 0 Å². The molecule has 6 heteroatoms. The lowest BCUT2D eigenvalue weighted by atomic mass is 10.1. The van der Waals surface area contributed by atoms with Gasteiger partial charge < -0.3 is 10.4 Å². The Hall–Kier alpha value is -2.63. The van der Waals surface area contributed by atoms with Gasteiger partial charge in [0.1, 0.15) is 0 Å². The highest BCUT2D eigenvalue weighted by Gasteiger charge is 2.31. The van der Waals surface area contributed by atoms with Gasteiger partial charge in [0.05, 0.1) is 23.9 Å². The number of hydrogen-bond donors (Lipinski definition) is 2. The van der Waals surface area contributed by atoms with Crippen LogP contribution in [0, 0.1) is 0 Å². The van der Waals surface area contributed by atoms with Crippen LogP contribution in [0.15, 0.2) is 30.5 Å². The standard InChI is InChI=1S/C16H17N3O3/c1-19-15(11-4-5-11)13(9-17-19)16(22)18-12-6-2-10(3-7-12)8-14(20)21/h2-3,6-7,9,11H,4-5,8H2,1H3,(H,18,22)(H,20,21). The summed E-state index contributed by atoms with van der Waals surface area (Å²) in [6.07, 6.45) is 3.78. The van der Waals surface area contributed by atoms with Crippen molar-refractivity contribution in [2.24, 2.45) is 7.05 Å². The third-order valence-electron chi connectivity index (χ3n) is 3.76. The lowest BCUT2D eigenvalue weighted by Crippen LogP contribution is -2.14. The van der Waals surface area contributed by atoms with E-state index in [9.17, 15) is 9.59 Å². The summed E-state index contributed by atoms with van der Waals surface area (Å²) in [6.45, 7) is 0. The van der Waals surface area contributed by atoms with Gasteiger partial charge in [0.2, 0.25) is 0 Å². The van der Waals surface area contributed by atoms with Crippen LogP contribution < -0.4 is 5.32 Å². The molecule has 22 heavy (non-hydrogen) atoms. The summed E-state index contributed by atoms with van der Waals surface area (Å²) in [5, 5.41) is 15.8. The first kappa shape index (κ1) is 14.3. The smallest absolute Gasteiger partial charge is 0.307 e. The van der Waals surface area contributed by atoms with Crippen LogP contribution in [0.2, 0.25) is 0 Å². The predicted molar refractivity (Wildman–Crippen MR) is 80.9 cm³/mol. The fourth-order valence-electron chi connectivity index (χ4n) is 2.54. The van der Waals surface area contributed by atoms with E-state index in [1.54, 1.807) is 35.1 Å². The molecule has 1 heterocycles. The van der Waals surface area contributed by atoms with E-state index < -0.39 is 5.97 Å². The molecule has 1 fully saturated rings. The molecule has 0 unspecified atom stereocenters. The third kappa shape index (κ3) is 3.00. The van der Waals surface area contributed by atoms with Gasteiger partial charge in [-0.1, -0.05) is 12.1 Å². The molecule has 0 aliphatic heterocycles. The highest BCUT2D eigenvalue weighted by Crippen LogP contribution is 2.41. The number of carbonyl (C=O) groups excluding carboxylic acids is 1. The highest BCUT2D eigenvalue weighted by molar-refractivity contribution is 6.05. The summed E-state index contributed by atoms with van der Waals surface area (Å²) in [5.41, 5.74) is 2.94. The minimum absolute atomic E-state index is 0.0251. The van der Waals surface area contributed by atoms with Crippen molar-refractivity contribution < 1.29 is 14.7 Å². The quantitative estimate of drug-likeness (QED) is 0.886. The average Bonchev–Trinajstić information content (AvgIpc) is 3.23. The summed E-state index contributed by atoms with van der Waals surface area (Å²) >= 11 is 0. The molecular formula is C16H17N3O3. The Kier molecular flexibility index (Phi) is 3.66. The summed E-state index contributed by atoms with van der Waals surface area (Å²) in [5.74, 6) is -0.617. The van der Waals surface area contributed by atoms with Crippen molar-refractivity contribution in [3.05, 3.63) is 47.3 Å². The van der Waals surface area contributed by atoms with Gasteiger partial charge in [-0.3, -0.25) is 14.3 Å². The number of aryl methyl sites for hydroxylation is 1. The first-order valence-electron chi connectivity index (χ1n) is 7.18. The first-order chi connectivity index (χ1) is 10.5. The maximum atomic E-state index is 12.4. The van der Waals surface area contributed by atoms with E-state index in [0.29, 0.717) is 22.7 Å². The molecule has 0 bridgehead atoms. The second kappa shape index (κ2) is 5.63. The molecule has 2 N–H and O–H groups in total. The maximum absolute atomic E-state index is 12.4. The molecule has 0 radical (unpaired) electrons. The predicted octanol–water partition coefficient (Wildman–Crippen LogP) is 2.18. The molecule has 1 amide bonds. The Morgan fingerprint density at radius 2 is 2.00 bits per heavy atom. The number of nitrogens with one attached hydrogen (secondary N) is 1. The van der Waals surface area contributed by atoms with Crippen LogP contribution in [0.25, 0.3) is 0 Å². The number of aliphatic carboxylic acids is 1. The number of carboxylic acids is 1. The van der Waals surface area contributed by atoms with E-state index in [1.807, 2.05) is 7.05 Å². The molecule has 6 nitrogen and oxygen atoms in total. The number of anilines is 1. The summed E-state index contributed by atoms with van der Waals surface area (Å²) in [4.78, 5) is 23.0. The van der Waals surface area contributed by atoms with Crippen LogP contribution in [0.3, 0.4) is 0 Å². The minimum atomic E-state index is -0.874. The Bertz CT molecular complexity index is 715. The molecule has 0 spiro atoms. The van der Waals surface area contributed by atoms with Crippen molar-refractivity contribution >= 4 is 17.6 Å². The SMILES string of the molecule is Cn1ncc(C(=O)Nc2ccc(CC(=O)O)cc2)c1C1CC1. The van der Waals surface area contributed by atoms with Gasteiger partial charge in [-0.2, -0.15) is 5.10 Å². The van der Waals surface area contributed by atoms with E-state index in [4.69, 9.17) is 5.11 Å².